The first-order valence-corrected chi connectivity index (χ1v) is 5.85. The summed E-state index contributed by atoms with van der Waals surface area (Å²) in [5.41, 5.74) is 2.51. The second kappa shape index (κ2) is 3.73. The summed E-state index contributed by atoms with van der Waals surface area (Å²) in [7, 11) is 0. The summed E-state index contributed by atoms with van der Waals surface area (Å²) < 4.78 is 5.22. The van der Waals surface area contributed by atoms with Crippen LogP contribution in [0.4, 0.5) is 0 Å². The number of ketones is 1. The molecular formula is C14H9AlO2. The predicted molar refractivity (Wildman–Crippen MR) is 68.3 cm³/mol. The summed E-state index contributed by atoms with van der Waals surface area (Å²) in [6.07, 6.45) is 1.93. The summed E-state index contributed by atoms with van der Waals surface area (Å²) in [5, 5.41) is 2.06. The lowest BCUT2D eigenvalue weighted by molar-refractivity contribution is 0.103. The summed E-state index contributed by atoms with van der Waals surface area (Å²) in [6, 6.07) is 9.85. The number of Topliss-reactive ketones (excluding diaryl/α,β-unsaturated/α-hetero) is 1. The van der Waals surface area contributed by atoms with Crippen LogP contribution in [0.25, 0.3) is 16.8 Å². The van der Waals surface area contributed by atoms with E-state index in [2.05, 4.69) is 16.6 Å². The number of hydrogen-bond acceptors (Lipinski definition) is 2. The first kappa shape index (κ1) is 10.6. The third-order valence-electron chi connectivity index (χ3n) is 3.12. The van der Waals surface area contributed by atoms with Crippen LogP contribution in [0.2, 0.25) is 0 Å². The predicted octanol–water partition coefficient (Wildman–Crippen LogP) is 2.90. The van der Waals surface area contributed by atoms with Gasteiger partial charge >= 0.3 is 16.6 Å². The van der Waals surface area contributed by atoms with Gasteiger partial charge in [-0.05, 0) is 35.6 Å². The van der Waals surface area contributed by atoms with E-state index in [0.717, 1.165) is 21.9 Å². The van der Waals surface area contributed by atoms with Gasteiger partial charge in [0, 0.05) is 5.39 Å². The number of carbonyl (C=O) groups excluding carboxylic acids is 1. The smallest absolute Gasteiger partial charge is 0.482 e. The Hall–Kier alpha value is -1.56. The van der Waals surface area contributed by atoms with Crippen LogP contribution in [0.15, 0.2) is 35.9 Å². The van der Waals surface area contributed by atoms with Crippen molar-refractivity contribution >= 4 is 39.3 Å². The Balaban J connectivity index is 2.52. The van der Waals surface area contributed by atoms with Gasteiger partial charge < -0.3 is 3.79 Å². The third kappa shape index (κ3) is 1.44. The molecule has 0 saturated carbocycles. The molecule has 3 rings (SSSR count). The first-order chi connectivity index (χ1) is 8.22. The Bertz CT molecular complexity index is 671. The summed E-state index contributed by atoms with van der Waals surface area (Å²) in [4.78, 5) is 12.2. The molecule has 0 saturated heterocycles. The fraction of sp³-hybridized carbons (Fsp3) is 0.0714. The molecule has 0 aromatic heterocycles. The Morgan fingerprint density at radius 1 is 1.18 bits per heavy atom. The van der Waals surface area contributed by atoms with Gasteiger partial charge in [-0.1, -0.05) is 24.3 Å². The van der Waals surface area contributed by atoms with Gasteiger partial charge in [0.05, 0.1) is 11.3 Å². The highest BCUT2D eigenvalue weighted by atomic mass is 27.1. The molecule has 2 aromatic carbocycles. The van der Waals surface area contributed by atoms with Gasteiger partial charge in [0.25, 0.3) is 0 Å². The molecule has 0 amide bonds. The molecule has 3 heteroatoms. The zero-order chi connectivity index (χ0) is 12.0. The van der Waals surface area contributed by atoms with Crippen LogP contribution in [0.3, 0.4) is 0 Å². The largest absolute Gasteiger partial charge is 0.653 e. The van der Waals surface area contributed by atoms with Gasteiger partial charge in [-0.15, -0.1) is 0 Å². The number of carbonyl (C=O) groups is 1. The molecule has 0 N–H and O–H groups in total. The van der Waals surface area contributed by atoms with Gasteiger partial charge in [0.1, 0.15) is 0 Å². The van der Waals surface area contributed by atoms with Crippen LogP contribution < -0.4 is 3.79 Å². The second-order valence-electron chi connectivity index (χ2n) is 4.16. The van der Waals surface area contributed by atoms with Crippen molar-refractivity contribution in [3.8, 4) is 5.75 Å². The molecule has 1 aliphatic rings. The van der Waals surface area contributed by atoms with Crippen molar-refractivity contribution in [1.29, 1.82) is 0 Å². The van der Waals surface area contributed by atoms with Gasteiger partial charge in [-0.25, -0.2) is 0 Å². The van der Waals surface area contributed by atoms with Crippen LogP contribution in [0, 0.1) is 0 Å². The molecule has 2 nitrogen and oxygen atoms in total. The van der Waals surface area contributed by atoms with E-state index in [1.807, 2.05) is 43.3 Å². The maximum atomic E-state index is 12.2. The standard InChI is InChI=1S/C14H10O2.Al/c1-8-7-10-4-2-3-9-5-6-11(15)13(12(9)10)14(8)16;/h2-7,15H,1H3;/q;+1/p-1. The highest BCUT2D eigenvalue weighted by Crippen LogP contribution is 2.36. The molecule has 2 aromatic rings. The van der Waals surface area contributed by atoms with Crippen LogP contribution in [-0.2, 0) is 0 Å². The van der Waals surface area contributed by atoms with E-state index in [-0.39, 0.29) is 5.78 Å². The van der Waals surface area contributed by atoms with Crippen molar-refractivity contribution in [3.05, 3.63) is 47.0 Å². The van der Waals surface area contributed by atoms with E-state index >= 15 is 0 Å². The fourth-order valence-electron chi connectivity index (χ4n) is 2.33. The topological polar surface area (TPSA) is 26.3 Å². The Kier molecular flexibility index (Phi) is 2.32. The van der Waals surface area contributed by atoms with Gasteiger partial charge in [0.15, 0.2) is 5.78 Å². The van der Waals surface area contributed by atoms with Crippen molar-refractivity contribution < 1.29 is 8.58 Å². The number of rotatable bonds is 1. The van der Waals surface area contributed by atoms with Crippen molar-refractivity contribution in [3.63, 3.8) is 0 Å². The Labute approximate surface area is 108 Å². The van der Waals surface area contributed by atoms with Crippen molar-refractivity contribution in [2.45, 2.75) is 6.92 Å². The molecule has 0 atom stereocenters. The lowest BCUT2D eigenvalue weighted by atomic mass is 9.88. The van der Waals surface area contributed by atoms with Gasteiger partial charge in [-0.2, -0.15) is 0 Å². The Morgan fingerprint density at radius 2 is 2.00 bits per heavy atom. The molecule has 2 radical (unpaired) electrons. The molecule has 0 bridgehead atoms. The highest BCUT2D eigenvalue weighted by Gasteiger charge is 2.22. The van der Waals surface area contributed by atoms with Crippen molar-refractivity contribution in [2.24, 2.45) is 0 Å². The van der Waals surface area contributed by atoms with Crippen LogP contribution in [0.1, 0.15) is 22.8 Å². The van der Waals surface area contributed by atoms with Gasteiger partial charge in [0.2, 0.25) is 0 Å². The number of benzene rings is 2. The minimum absolute atomic E-state index is 0.0479. The van der Waals surface area contributed by atoms with E-state index in [4.69, 9.17) is 3.79 Å². The van der Waals surface area contributed by atoms with Gasteiger partial charge in [-0.3, -0.25) is 4.79 Å². The lowest BCUT2D eigenvalue weighted by Crippen LogP contribution is -2.09. The molecule has 0 aliphatic heterocycles. The minimum Gasteiger partial charge on any atom is -0.653 e. The van der Waals surface area contributed by atoms with E-state index in [1.54, 1.807) is 0 Å². The zero-order valence-corrected chi connectivity index (χ0v) is 10.5. The van der Waals surface area contributed by atoms with E-state index in [1.165, 1.54) is 0 Å². The molecule has 1 aliphatic carbocycles. The molecule has 80 valence electrons. The molecule has 0 spiro atoms. The first-order valence-electron chi connectivity index (χ1n) is 5.38. The second-order valence-corrected chi connectivity index (χ2v) is 4.39. The third-order valence-corrected chi connectivity index (χ3v) is 3.38. The molecule has 17 heavy (non-hydrogen) atoms. The average molecular weight is 236 g/mol. The number of allylic oxidation sites excluding steroid dienone is 1. The van der Waals surface area contributed by atoms with E-state index < -0.39 is 0 Å². The van der Waals surface area contributed by atoms with Crippen LogP contribution in [0.5, 0.6) is 5.75 Å². The Morgan fingerprint density at radius 3 is 2.76 bits per heavy atom. The normalized spacial score (nSPS) is 13.7. The molecular weight excluding hydrogens is 227 g/mol. The average Bonchev–Trinajstić information content (AvgIpc) is 2.35. The monoisotopic (exact) mass is 236 g/mol. The maximum Gasteiger partial charge on any atom is 0.482 e. The fourth-order valence-corrected chi connectivity index (χ4v) is 2.52. The SMILES string of the molecule is CC1=Cc2cccc3ccc([O][Al])c(c23)C1=O. The van der Waals surface area contributed by atoms with E-state index in [9.17, 15) is 4.79 Å². The zero-order valence-electron chi connectivity index (χ0n) is 9.36. The van der Waals surface area contributed by atoms with E-state index in [0.29, 0.717) is 11.3 Å². The van der Waals surface area contributed by atoms with Crippen molar-refractivity contribution in [1.82, 2.24) is 0 Å². The van der Waals surface area contributed by atoms with Crippen molar-refractivity contribution in [2.75, 3.05) is 0 Å². The maximum absolute atomic E-state index is 12.2. The van der Waals surface area contributed by atoms with Crippen LogP contribution in [-0.4, -0.2) is 22.4 Å². The lowest BCUT2D eigenvalue weighted by Gasteiger charge is -2.18. The number of hydrogen-bond donors (Lipinski definition) is 0. The highest BCUT2D eigenvalue weighted by molar-refractivity contribution is 6.24. The molecule has 0 heterocycles. The summed E-state index contributed by atoms with van der Waals surface area (Å²) in [5.74, 6) is 0.666. The quantitative estimate of drug-likeness (QED) is 0.711. The molecule has 0 unspecified atom stereocenters. The molecule has 0 fully saturated rings. The summed E-state index contributed by atoms with van der Waals surface area (Å²) >= 11 is 2.20. The van der Waals surface area contributed by atoms with Crippen LogP contribution >= 0.6 is 0 Å². The minimum atomic E-state index is 0.0479. The summed E-state index contributed by atoms with van der Waals surface area (Å²) in [6.45, 7) is 1.84.